The fourth-order valence-electron chi connectivity index (χ4n) is 1.27. The minimum absolute atomic E-state index is 0.215. The molecule has 0 bridgehead atoms. The molecule has 0 saturated heterocycles. The molecule has 1 heterocycles. The van der Waals surface area contributed by atoms with Gasteiger partial charge in [0.25, 0.3) is 0 Å². The molecular weight excluding hydrogens is 182 g/mol. The van der Waals surface area contributed by atoms with Crippen LogP contribution in [0.15, 0.2) is 12.3 Å². The van der Waals surface area contributed by atoms with E-state index in [1.807, 2.05) is 6.07 Å². The van der Waals surface area contributed by atoms with Crippen molar-refractivity contribution in [2.45, 2.75) is 19.3 Å². The molecule has 1 aromatic heterocycles. The Balaban J connectivity index is 2.38. The summed E-state index contributed by atoms with van der Waals surface area (Å²) in [5, 5.41) is 0. The zero-order valence-corrected chi connectivity index (χ0v) is 8.08. The van der Waals surface area contributed by atoms with Crippen molar-refractivity contribution in [1.29, 1.82) is 0 Å². The van der Waals surface area contributed by atoms with Crippen molar-refractivity contribution in [3.8, 4) is 0 Å². The summed E-state index contributed by atoms with van der Waals surface area (Å²) >= 11 is 0. The Morgan fingerprint density at radius 2 is 2.43 bits per heavy atom. The number of aryl methyl sites for hydroxylation is 1. The SMILES string of the molecule is COC(=O)CCCc1cc[nH]c1C=O. The standard InChI is InChI=1S/C10H13NO3/c1-14-10(13)4-2-3-8-5-6-11-9(8)7-12/h5-7,11H,2-4H2,1H3. The lowest BCUT2D eigenvalue weighted by Gasteiger charge is -1.99. The largest absolute Gasteiger partial charge is 0.469 e. The second-order valence-electron chi connectivity index (χ2n) is 2.96. The lowest BCUT2D eigenvalue weighted by molar-refractivity contribution is -0.140. The van der Waals surface area contributed by atoms with E-state index in [1.54, 1.807) is 6.20 Å². The zero-order valence-electron chi connectivity index (χ0n) is 8.08. The molecule has 4 nitrogen and oxygen atoms in total. The van der Waals surface area contributed by atoms with Gasteiger partial charge in [0.05, 0.1) is 12.8 Å². The molecule has 1 N–H and O–H groups in total. The predicted molar refractivity (Wildman–Crippen MR) is 51.1 cm³/mol. The molecule has 0 unspecified atom stereocenters. The van der Waals surface area contributed by atoms with Crippen LogP contribution in [0.4, 0.5) is 0 Å². The Bertz CT molecular complexity index is 317. The highest BCUT2D eigenvalue weighted by molar-refractivity contribution is 5.74. The lowest BCUT2D eigenvalue weighted by atomic mass is 10.1. The normalized spacial score (nSPS) is 9.79. The third-order valence-corrected chi connectivity index (χ3v) is 2.04. The van der Waals surface area contributed by atoms with Crippen molar-refractivity contribution in [1.82, 2.24) is 4.98 Å². The van der Waals surface area contributed by atoms with Crippen LogP contribution in [0.25, 0.3) is 0 Å². The smallest absolute Gasteiger partial charge is 0.305 e. The number of rotatable bonds is 5. The Hall–Kier alpha value is -1.58. The van der Waals surface area contributed by atoms with E-state index in [1.165, 1.54) is 7.11 Å². The number of nitrogens with one attached hydrogen (secondary N) is 1. The van der Waals surface area contributed by atoms with Gasteiger partial charge in [-0.25, -0.2) is 0 Å². The van der Waals surface area contributed by atoms with Gasteiger partial charge >= 0.3 is 5.97 Å². The summed E-state index contributed by atoms with van der Waals surface area (Å²) in [4.78, 5) is 24.1. The fourth-order valence-corrected chi connectivity index (χ4v) is 1.27. The number of ether oxygens (including phenoxy) is 1. The van der Waals surface area contributed by atoms with Crippen molar-refractivity contribution in [3.63, 3.8) is 0 Å². The van der Waals surface area contributed by atoms with Gasteiger partial charge in [-0.3, -0.25) is 9.59 Å². The second-order valence-corrected chi connectivity index (χ2v) is 2.96. The quantitative estimate of drug-likeness (QED) is 0.569. The summed E-state index contributed by atoms with van der Waals surface area (Å²) in [5.41, 5.74) is 1.54. The van der Waals surface area contributed by atoms with E-state index in [9.17, 15) is 9.59 Å². The third kappa shape index (κ3) is 2.73. The summed E-state index contributed by atoms with van der Waals surface area (Å²) in [6.45, 7) is 0. The first-order valence-electron chi connectivity index (χ1n) is 4.46. The van der Waals surface area contributed by atoms with Gasteiger partial charge in [-0.1, -0.05) is 0 Å². The van der Waals surface area contributed by atoms with Gasteiger partial charge in [0, 0.05) is 12.6 Å². The molecule has 0 saturated carbocycles. The summed E-state index contributed by atoms with van der Waals surface area (Å²) in [5.74, 6) is -0.215. The summed E-state index contributed by atoms with van der Waals surface area (Å²) in [6, 6.07) is 1.85. The Kier molecular flexibility index (Phi) is 3.91. The molecule has 0 fully saturated rings. The van der Waals surface area contributed by atoms with E-state index < -0.39 is 0 Å². The highest BCUT2D eigenvalue weighted by Gasteiger charge is 2.04. The monoisotopic (exact) mass is 195 g/mol. The Labute approximate surface area is 82.3 Å². The number of hydrogen-bond acceptors (Lipinski definition) is 3. The lowest BCUT2D eigenvalue weighted by Crippen LogP contribution is -2.01. The van der Waals surface area contributed by atoms with Gasteiger partial charge in [0.1, 0.15) is 0 Å². The van der Waals surface area contributed by atoms with Crippen LogP contribution in [0.1, 0.15) is 28.9 Å². The van der Waals surface area contributed by atoms with E-state index in [-0.39, 0.29) is 5.97 Å². The molecule has 0 aromatic carbocycles. The first-order chi connectivity index (χ1) is 6.77. The van der Waals surface area contributed by atoms with Crippen LogP contribution < -0.4 is 0 Å². The maximum atomic E-state index is 10.8. The molecule has 4 heteroatoms. The molecule has 0 spiro atoms. The average Bonchev–Trinajstić information content (AvgIpc) is 2.65. The van der Waals surface area contributed by atoms with E-state index in [0.29, 0.717) is 25.0 Å². The van der Waals surface area contributed by atoms with E-state index >= 15 is 0 Å². The number of aromatic amines is 1. The minimum atomic E-state index is -0.215. The zero-order chi connectivity index (χ0) is 10.4. The topological polar surface area (TPSA) is 59.2 Å². The molecule has 76 valence electrons. The van der Waals surface area contributed by atoms with Gasteiger partial charge < -0.3 is 9.72 Å². The molecule has 1 aromatic rings. The van der Waals surface area contributed by atoms with Crippen LogP contribution in [0.5, 0.6) is 0 Å². The molecular formula is C10H13NO3. The highest BCUT2D eigenvalue weighted by Crippen LogP contribution is 2.08. The molecule has 0 atom stereocenters. The molecule has 0 aliphatic carbocycles. The maximum absolute atomic E-state index is 10.8. The van der Waals surface area contributed by atoms with Gasteiger partial charge in [-0.05, 0) is 24.5 Å². The molecule has 1 rings (SSSR count). The number of carbonyl (C=O) groups excluding carboxylic acids is 2. The predicted octanol–water partition coefficient (Wildman–Crippen LogP) is 1.32. The van der Waals surface area contributed by atoms with Crippen LogP contribution in [-0.4, -0.2) is 24.3 Å². The van der Waals surface area contributed by atoms with Gasteiger partial charge in [0.15, 0.2) is 6.29 Å². The first kappa shape index (κ1) is 10.5. The van der Waals surface area contributed by atoms with Crippen LogP contribution >= 0.6 is 0 Å². The van der Waals surface area contributed by atoms with Crippen molar-refractivity contribution in [2.24, 2.45) is 0 Å². The van der Waals surface area contributed by atoms with Crippen molar-refractivity contribution < 1.29 is 14.3 Å². The van der Waals surface area contributed by atoms with E-state index in [2.05, 4.69) is 9.72 Å². The number of esters is 1. The number of methoxy groups -OCH3 is 1. The Morgan fingerprint density at radius 1 is 1.64 bits per heavy atom. The number of carbonyl (C=O) groups is 2. The van der Waals surface area contributed by atoms with Crippen molar-refractivity contribution in [2.75, 3.05) is 7.11 Å². The highest BCUT2D eigenvalue weighted by atomic mass is 16.5. The number of aromatic nitrogens is 1. The van der Waals surface area contributed by atoms with E-state index in [0.717, 1.165) is 11.8 Å². The minimum Gasteiger partial charge on any atom is -0.469 e. The Morgan fingerprint density at radius 3 is 3.07 bits per heavy atom. The number of aldehydes is 1. The fraction of sp³-hybridized carbons (Fsp3) is 0.400. The van der Waals surface area contributed by atoms with Gasteiger partial charge in [-0.2, -0.15) is 0 Å². The first-order valence-corrected chi connectivity index (χ1v) is 4.46. The molecule has 14 heavy (non-hydrogen) atoms. The van der Waals surface area contributed by atoms with Gasteiger partial charge in [0.2, 0.25) is 0 Å². The summed E-state index contributed by atoms with van der Waals surface area (Å²) in [6.07, 6.45) is 4.31. The molecule has 0 aliphatic heterocycles. The number of hydrogen-bond donors (Lipinski definition) is 1. The van der Waals surface area contributed by atoms with Crippen LogP contribution in [0, 0.1) is 0 Å². The van der Waals surface area contributed by atoms with Gasteiger partial charge in [-0.15, -0.1) is 0 Å². The molecule has 0 radical (unpaired) electrons. The molecule has 0 aliphatic rings. The number of H-pyrrole nitrogens is 1. The van der Waals surface area contributed by atoms with Crippen molar-refractivity contribution >= 4 is 12.3 Å². The third-order valence-electron chi connectivity index (χ3n) is 2.04. The summed E-state index contributed by atoms with van der Waals surface area (Å²) in [7, 11) is 1.37. The summed E-state index contributed by atoms with van der Waals surface area (Å²) < 4.78 is 4.51. The average molecular weight is 195 g/mol. The van der Waals surface area contributed by atoms with Crippen LogP contribution in [0.2, 0.25) is 0 Å². The van der Waals surface area contributed by atoms with Crippen LogP contribution in [0.3, 0.4) is 0 Å². The maximum Gasteiger partial charge on any atom is 0.305 e. The van der Waals surface area contributed by atoms with Crippen molar-refractivity contribution in [3.05, 3.63) is 23.5 Å². The van der Waals surface area contributed by atoms with Crippen LogP contribution in [-0.2, 0) is 16.0 Å². The van der Waals surface area contributed by atoms with E-state index in [4.69, 9.17) is 0 Å². The molecule has 0 amide bonds. The second kappa shape index (κ2) is 5.21.